The average Bonchev–Trinajstić information content (AvgIpc) is 2.55. The second kappa shape index (κ2) is 6.04. The molecule has 0 heterocycles. The van der Waals surface area contributed by atoms with Gasteiger partial charge < -0.3 is 5.73 Å². The highest BCUT2D eigenvalue weighted by molar-refractivity contribution is 5.28. The molecule has 2 heteroatoms. The molecule has 1 nitrogen and oxygen atoms in total. The van der Waals surface area contributed by atoms with Gasteiger partial charge in [0.05, 0.1) is 0 Å². The molecule has 1 aliphatic carbocycles. The second-order valence-corrected chi connectivity index (χ2v) is 6.32. The molecule has 0 bridgehead atoms. The Morgan fingerprint density at radius 2 is 2.11 bits per heavy atom. The fourth-order valence-electron chi connectivity index (χ4n) is 3.33. The molecule has 2 N–H and O–H groups in total. The van der Waals surface area contributed by atoms with Crippen LogP contribution < -0.4 is 5.73 Å². The summed E-state index contributed by atoms with van der Waals surface area (Å²) in [4.78, 5) is 0. The van der Waals surface area contributed by atoms with E-state index in [1.807, 2.05) is 13.0 Å². The van der Waals surface area contributed by atoms with E-state index in [0.29, 0.717) is 0 Å². The molecule has 2 rings (SSSR count). The van der Waals surface area contributed by atoms with Crippen molar-refractivity contribution in [3.05, 3.63) is 35.1 Å². The van der Waals surface area contributed by atoms with Crippen LogP contribution in [-0.4, -0.2) is 5.54 Å². The van der Waals surface area contributed by atoms with Crippen molar-refractivity contribution in [3.63, 3.8) is 0 Å². The number of hydrogen-bond donors (Lipinski definition) is 1. The largest absolute Gasteiger partial charge is 0.325 e. The van der Waals surface area contributed by atoms with Gasteiger partial charge in [0.1, 0.15) is 5.82 Å². The lowest BCUT2D eigenvalue weighted by molar-refractivity contribution is 0.357. The van der Waals surface area contributed by atoms with Crippen LogP contribution in [0.15, 0.2) is 18.2 Å². The monoisotopic (exact) mass is 263 g/mol. The summed E-state index contributed by atoms with van der Waals surface area (Å²) in [5, 5.41) is 0. The molecule has 1 aliphatic rings. The Kier molecular flexibility index (Phi) is 4.62. The quantitative estimate of drug-likeness (QED) is 0.805. The van der Waals surface area contributed by atoms with Crippen LogP contribution >= 0.6 is 0 Å². The van der Waals surface area contributed by atoms with Gasteiger partial charge in [0.25, 0.3) is 0 Å². The number of rotatable bonds is 3. The van der Waals surface area contributed by atoms with Gasteiger partial charge in [-0.3, -0.25) is 0 Å². The van der Waals surface area contributed by atoms with Gasteiger partial charge >= 0.3 is 0 Å². The van der Waals surface area contributed by atoms with Crippen LogP contribution in [0.25, 0.3) is 0 Å². The molecule has 1 saturated carbocycles. The summed E-state index contributed by atoms with van der Waals surface area (Å²) in [6.07, 6.45) is 8.14. The minimum absolute atomic E-state index is 0.0908. The maximum atomic E-state index is 13.2. The molecule has 0 aliphatic heterocycles. The SMILES string of the molecule is CCC1CCCC(N)(Cc2ccc(F)cc2C)CC1. The lowest BCUT2D eigenvalue weighted by Gasteiger charge is -2.29. The summed E-state index contributed by atoms with van der Waals surface area (Å²) in [5.41, 5.74) is 8.77. The average molecular weight is 263 g/mol. The van der Waals surface area contributed by atoms with E-state index >= 15 is 0 Å². The van der Waals surface area contributed by atoms with Crippen molar-refractivity contribution in [2.75, 3.05) is 0 Å². The summed E-state index contributed by atoms with van der Waals surface area (Å²) in [5.74, 6) is 0.693. The van der Waals surface area contributed by atoms with E-state index in [1.54, 1.807) is 12.1 Å². The maximum absolute atomic E-state index is 13.2. The van der Waals surface area contributed by atoms with Crippen molar-refractivity contribution in [2.45, 2.75) is 64.3 Å². The van der Waals surface area contributed by atoms with Gasteiger partial charge in [-0.2, -0.15) is 0 Å². The Morgan fingerprint density at radius 3 is 2.79 bits per heavy atom. The molecule has 1 fully saturated rings. The highest BCUT2D eigenvalue weighted by Gasteiger charge is 2.29. The lowest BCUT2D eigenvalue weighted by atomic mass is 9.83. The third-order valence-corrected chi connectivity index (χ3v) is 4.76. The fraction of sp³-hybridized carbons (Fsp3) is 0.647. The van der Waals surface area contributed by atoms with Gasteiger partial charge in [-0.05, 0) is 61.8 Å². The predicted octanol–water partition coefficient (Wildman–Crippen LogP) is 4.36. The first-order valence-corrected chi connectivity index (χ1v) is 7.56. The van der Waals surface area contributed by atoms with E-state index in [4.69, 9.17) is 5.73 Å². The maximum Gasteiger partial charge on any atom is 0.123 e. The van der Waals surface area contributed by atoms with Crippen molar-refractivity contribution >= 4 is 0 Å². The van der Waals surface area contributed by atoms with Crippen molar-refractivity contribution < 1.29 is 4.39 Å². The highest BCUT2D eigenvalue weighted by Crippen LogP contribution is 2.33. The van der Waals surface area contributed by atoms with Gasteiger partial charge in [0.2, 0.25) is 0 Å². The normalized spacial score (nSPS) is 28.1. The molecule has 0 radical (unpaired) electrons. The standard InChI is InChI=1S/C17H26FN/c1-3-14-5-4-9-17(19,10-8-14)12-15-6-7-16(18)11-13(15)2/h6-7,11,14H,3-5,8-10,12,19H2,1-2H3. The van der Waals surface area contributed by atoms with E-state index in [1.165, 1.54) is 31.2 Å². The van der Waals surface area contributed by atoms with Gasteiger partial charge in [-0.25, -0.2) is 4.39 Å². The smallest absolute Gasteiger partial charge is 0.123 e. The van der Waals surface area contributed by atoms with E-state index < -0.39 is 0 Å². The molecule has 1 aromatic rings. The zero-order valence-electron chi connectivity index (χ0n) is 12.2. The summed E-state index contributed by atoms with van der Waals surface area (Å²) in [6, 6.07) is 5.07. The Balaban J connectivity index is 2.08. The van der Waals surface area contributed by atoms with E-state index in [-0.39, 0.29) is 11.4 Å². The topological polar surface area (TPSA) is 26.0 Å². The second-order valence-electron chi connectivity index (χ2n) is 6.32. The Morgan fingerprint density at radius 1 is 1.32 bits per heavy atom. The van der Waals surface area contributed by atoms with E-state index in [2.05, 4.69) is 6.92 Å². The summed E-state index contributed by atoms with van der Waals surface area (Å²) in [6.45, 7) is 4.26. The van der Waals surface area contributed by atoms with E-state index in [9.17, 15) is 4.39 Å². The van der Waals surface area contributed by atoms with Gasteiger partial charge in [-0.1, -0.05) is 32.3 Å². The number of benzene rings is 1. The minimum Gasteiger partial charge on any atom is -0.325 e. The highest BCUT2D eigenvalue weighted by atomic mass is 19.1. The molecule has 2 unspecified atom stereocenters. The molecular formula is C17H26FN. The van der Waals surface area contributed by atoms with Crippen LogP contribution in [0.4, 0.5) is 4.39 Å². The molecule has 19 heavy (non-hydrogen) atoms. The molecule has 0 spiro atoms. The molecule has 1 aromatic carbocycles. The Labute approximate surface area is 116 Å². The van der Waals surface area contributed by atoms with Crippen LogP contribution in [0.5, 0.6) is 0 Å². The van der Waals surface area contributed by atoms with Crippen LogP contribution in [0.1, 0.15) is 56.6 Å². The van der Waals surface area contributed by atoms with Crippen molar-refractivity contribution in [1.29, 1.82) is 0 Å². The number of nitrogens with two attached hydrogens (primary N) is 1. The zero-order chi connectivity index (χ0) is 13.9. The van der Waals surface area contributed by atoms with Gasteiger partial charge in [0.15, 0.2) is 0 Å². The van der Waals surface area contributed by atoms with Crippen LogP contribution in [0.3, 0.4) is 0 Å². The summed E-state index contributed by atoms with van der Waals surface area (Å²) >= 11 is 0. The predicted molar refractivity (Wildman–Crippen MR) is 78.6 cm³/mol. The molecule has 2 atom stereocenters. The van der Waals surface area contributed by atoms with Crippen molar-refractivity contribution in [2.24, 2.45) is 11.7 Å². The Bertz CT molecular complexity index is 429. The molecule has 0 amide bonds. The minimum atomic E-state index is -0.153. The van der Waals surface area contributed by atoms with Crippen LogP contribution in [-0.2, 0) is 6.42 Å². The molecule has 0 aromatic heterocycles. The molecule has 0 saturated heterocycles. The first kappa shape index (κ1) is 14.5. The zero-order valence-corrected chi connectivity index (χ0v) is 12.2. The van der Waals surface area contributed by atoms with Crippen LogP contribution in [0, 0.1) is 18.7 Å². The first-order chi connectivity index (χ1) is 9.02. The molecule has 106 valence electrons. The first-order valence-electron chi connectivity index (χ1n) is 7.56. The summed E-state index contributed by atoms with van der Waals surface area (Å²) in [7, 11) is 0. The Hall–Kier alpha value is -0.890. The van der Waals surface area contributed by atoms with Crippen LogP contribution in [0.2, 0.25) is 0 Å². The lowest BCUT2D eigenvalue weighted by Crippen LogP contribution is -2.41. The number of hydrogen-bond acceptors (Lipinski definition) is 1. The fourth-order valence-corrected chi connectivity index (χ4v) is 3.33. The number of aryl methyl sites for hydroxylation is 1. The van der Waals surface area contributed by atoms with E-state index in [0.717, 1.165) is 30.7 Å². The third-order valence-electron chi connectivity index (χ3n) is 4.76. The summed E-state index contributed by atoms with van der Waals surface area (Å²) < 4.78 is 13.2. The third kappa shape index (κ3) is 3.79. The van der Waals surface area contributed by atoms with Gasteiger partial charge in [0, 0.05) is 5.54 Å². The molecular weight excluding hydrogens is 237 g/mol. The van der Waals surface area contributed by atoms with Crippen molar-refractivity contribution in [3.8, 4) is 0 Å². The number of halogens is 1. The van der Waals surface area contributed by atoms with Crippen molar-refractivity contribution in [1.82, 2.24) is 0 Å². The van der Waals surface area contributed by atoms with Gasteiger partial charge in [-0.15, -0.1) is 0 Å².